The van der Waals surface area contributed by atoms with E-state index >= 15 is 0 Å². The number of rotatable bonds is 4. The van der Waals surface area contributed by atoms with E-state index in [1.165, 1.54) is 12.8 Å². The molecule has 0 spiro atoms. The fraction of sp³-hybridized carbons (Fsp3) is 1.00. The van der Waals surface area contributed by atoms with E-state index in [4.69, 9.17) is 0 Å². The Labute approximate surface area is 58.8 Å². The monoisotopic (exact) mass is 130 g/mol. The van der Waals surface area contributed by atoms with Crippen LogP contribution in [0.1, 0.15) is 40.5 Å². The van der Waals surface area contributed by atoms with Gasteiger partial charge in [-0.1, -0.05) is 13.8 Å². The van der Waals surface area contributed by atoms with Crippen molar-refractivity contribution < 1.29 is 5.32 Å². The molecule has 1 heteroatoms. The van der Waals surface area contributed by atoms with Gasteiger partial charge in [0, 0.05) is 0 Å². The maximum atomic E-state index is 2.44. The molecule has 0 aromatic carbocycles. The molecule has 0 saturated carbocycles. The van der Waals surface area contributed by atoms with E-state index in [1.54, 1.807) is 0 Å². The second kappa shape index (κ2) is 4.80. The normalized spacial score (nSPS) is 17.3. The average Bonchev–Trinajstić information content (AvgIpc) is 1.87. The van der Waals surface area contributed by atoms with E-state index in [0.29, 0.717) is 0 Å². The second-order valence-electron chi connectivity index (χ2n) is 2.96. The van der Waals surface area contributed by atoms with Crippen molar-refractivity contribution in [2.24, 2.45) is 0 Å². The Morgan fingerprint density at radius 3 is 1.56 bits per heavy atom. The maximum absolute atomic E-state index is 2.44. The van der Waals surface area contributed by atoms with Gasteiger partial charge >= 0.3 is 0 Å². The molecule has 0 aromatic heterocycles. The van der Waals surface area contributed by atoms with Crippen LogP contribution in [0, 0.1) is 0 Å². The molecule has 56 valence electrons. The zero-order valence-corrected chi connectivity index (χ0v) is 7.15. The summed E-state index contributed by atoms with van der Waals surface area (Å²) in [7, 11) is 0. The van der Waals surface area contributed by atoms with Gasteiger partial charge < -0.3 is 5.32 Å². The minimum Gasteiger partial charge on any atom is -0.342 e. The quantitative estimate of drug-likeness (QED) is 0.588. The van der Waals surface area contributed by atoms with Crippen molar-refractivity contribution in [2.45, 2.75) is 52.6 Å². The molecule has 9 heavy (non-hydrogen) atoms. The van der Waals surface area contributed by atoms with E-state index < -0.39 is 0 Å². The van der Waals surface area contributed by atoms with Crippen molar-refractivity contribution in [1.29, 1.82) is 0 Å². The first-order valence-corrected chi connectivity index (χ1v) is 4.05. The zero-order chi connectivity index (χ0) is 7.28. The fourth-order valence-corrected chi connectivity index (χ4v) is 0.833. The highest BCUT2D eigenvalue weighted by Gasteiger charge is 2.05. The predicted octanol–water partition coefficient (Wildman–Crippen LogP) is 1.15. The third kappa shape index (κ3) is 4.46. The largest absolute Gasteiger partial charge is 0.342 e. The Morgan fingerprint density at radius 1 is 1.00 bits per heavy atom. The van der Waals surface area contributed by atoms with E-state index in [2.05, 4.69) is 33.0 Å². The van der Waals surface area contributed by atoms with Crippen LogP contribution < -0.4 is 5.32 Å². The smallest absolute Gasteiger partial charge is 0.0829 e. The molecule has 0 rings (SSSR count). The second-order valence-corrected chi connectivity index (χ2v) is 2.96. The summed E-state index contributed by atoms with van der Waals surface area (Å²) in [4.78, 5) is 0. The van der Waals surface area contributed by atoms with E-state index in [0.717, 1.165) is 12.1 Å². The van der Waals surface area contributed by atoms with Crippen LogP contribution in [0.15, 0.2) is 0 Å². The van der Waals surface area contributed by atoms with E-state index in [1.807, 2.05) is 0 Å². The molecule has 0 aliphatic rings. The predicted molar refractivity (Wildman–Crippen MR) is 41.4 cm³/mol. The first-order chi connectivity index (χ1) is 4.20. The van der Waals surface area contributed by atoms with E-state index in [9.17, 15) is 0 Å². The molecule has 0 aliphatic heterocycles. The average molecular weight is 130 g/mol. The Kier molecular flexibility index (Phi) is 4.78. The third-order valence-corrected chi connectivity index (χ3v) is 1.94. The molecule has 0 unspecified atom stereocenters. The van der Waals surface area contributed by atoms with E-state index in [-0.39, 0.29) is 0 Å². The van der Waals surface area contributed by atoms with Crippen molar-refractivity contribution >= 4 is 0 Å². The lowest BCUT2D eigenvalue weighted by Gasteiger charge is -2.12. The van der Waals surface area contributed by atoms with Gasteiger partial charge in [0.25, 0.3) is 0 Å². The van der Waals surface area contributed by atoms with Crippen LogP contribution in [0.3, 0.4) is 0 Å². The molecule has 0 fully saturated rings. The highest BCUT2D eigenvalue weighted by molar-refractivity contribution is 4.43. The van der Waals surface area contributed by atoms with Gasteiger partial charge in [0.05, 0.1) is 12.1 Å². The molecule has 0 amide bonds. The summed E-state index contributed by atoms with van der Waals surface area (Å²) >= 11 is 0. The van der Waals surface area contributed by atoms with Crippen LogP contribution in [-0.2, 0) is 0 Å². The standard InChI is InChI=1S/C8H19N/c1-5-7(3)9-8(4)6-2/h7-9H,5-6H2,1-4H3/p+1/t7-,8-/m1/s1. The summed E-state index contributed by atoms with van der Waals surface area (Å²) < 4.78 is 0. The Hall–Kier alpha value is -0.0400. The number of hydrogen-bond acceptors (Lipinski definition) is 0. The molecule has 0 aromatic rings. The number of nitrogens with two attached hydrogens (primary N) is 1. The molecule has 1 nitrogen and oxygen atoms in total. The van der Waals surface area contributed by atoms with Crippen LogP contribution in [-0.4, -0.2) is 12.1 Å². The molecule has 2 atom stereocenters. The minimum atomic E-state index is 0.806. The summed E-state index contributed by atoms with van der Waals surface area (Å²) in [5.74, 6) is 0. The lowest BCUT2D eigenvalue weighted by Crippen LogP contribution is -2.93. The van der Waals surface area contributed by atoms with Gasteiger partial charge in [-0.15, -0.1) is 0 Å². The van der Waals surface area contributed by atoms with Gasteiger partial charge in [0.15, 0.2) is 0 Å². The summed E-state index contributed by atoms with van der Waals surface area (Å²) in [5, 5.41) is 2.44. The van der Waals surface area contributed by atoms with Crippen molar-refractivity contribution in [3.8, 4) is 0 Å². The minimum absolute atomic E-state index is 0.806. The van der Waals surface area contributed by atoms with Crippen LogP contribution in [0.2, 0.25) is 0 Å². The summed E-state index contributed by atoms with van der Waals surface area (Å²) in [6.07, 6.45) is 2.56. The first-order valence-electron chi connectivity index (χ1n) is 4.05. The Morgan fingerprint density at radius 2 is 1.33 bits per heavy atom. The summed E-state index contributed by atoms with van der Waals surface area (Å²) in [5.41, 5.74) is 0. The van der Waals surface area contributed by atoms with Gasteiger partial charge in [-0.25, -0.2) is 0 Å². The van der Waals surface area contributed by atoms with Crippen LogP contribution in [0.5, 0.6) is 0 Å². The van der Waals surface area contributed by atoms with Gasteiger partial charge in [-0.3, -0.25) is 0 Å². The molecule has 2 N–H and O–H groups in total. The molecule has 0 saturated heterocycles. The molecular weight excluding hydrogens is 110 g/mol. The topological polar surface area (TPSA) is 16.6 Å². The van der Waals surface area contributed by atoms with Gasteiger partial charge in [0.2, 0.25) is 0 Å². The Bertz CT molecular complexity index is 53.6. The Balaban J connectivity index is 3.22. The fourth-order valence-electron chi connectivity index (χ4n) is 0.833. The van der Waals surface area contributed by atoms with Crippen molar-refractivity contribution in [1.82, 2.24) is 0 Å². The summed E-state index contributed by atoms with van der Waals surface area (Å²) in [6, 6.07) is 1.61. The van der Waals surface area contributed by atoms with Gasteiger partial charge in [0.1, 0.15) is 0 Å². The lowest BCUT2D eigenvalue weighted by atomic mass is 10.2. The summed E-state index contributed by atoms with van der Waals surface area (Å²) in [6.45, 7) is 9.05. The molecule has 0 radical (unpaired) electrons. The third-order valence-electron chi connectivity index (χ3n) is 1.94. The van der Waals surface area contributed by atoms with Crippen LogP contribution in [0.25, 0.3) is 0 Å². The van der Waals surface area contributed by atoms with Crippen molar-refractivity contribution in [3.63, 3.8) is 0 Å². The number of hydrogen-bond donors (Lipinski definition) is 1. The van der Waals surface area contributed by atoms with Gasteiger partial charge in [-0.2, -0.15) is 0 Å². The maximum Gasteiger partial charge on any atom is 0.0829 e. The zero-order valence-electron chi connectivity index (χ0n) is 7.15. The highest BCUT2D eigenvalue weighted by atomic mass is 14.9. The first kappa shape index (κ1) is 8.96. The van der Waals surface area contributed by atoms with Crippen LogP contribution >= 0.6 is 0 Å². The van der Waals surface area contributed by atoms with Crippen molar-refractivity contribution in [2.75, 3.05) is 0 Å². The lowest BCUT2D eigenvalue weighted by molar-refractivity contribution is -0.715. The number of quaternary nitrogens is 1. The molecule has 0 aliphatic carbocycles. The van der Waals surface area contributed by atoms with Crippen LogP contribution in [0.4, 0.5) is 0 Å². The van der Waals surface area contributed by atoms with Gasteiger partial charge in [-0.05, 0) is 26.7 Å². The molecule has 0 heterocycles. The highest BCUT2D eigenvalue weighted by Crippen LogP contribution is 1.84. The SMILES string of the molecule is CC[C@@H](C)[NH2+][C@H](C)CC. The molecule has 0 bridgehead atoms. The van der Waals surface area contributed by atoms with Crippen molar-refractivity contribution in [3.05, 3.63) is 0 Å². The molecular formula is C8H20N+.